The molecule has 86 valence electrons. The van der Waals surface area contributed by atoms with Crippen molar-refractivity contribution in [1.29, 1.82) is 0 Å². The van der Waals surface area contributed by atoms with Crippen molar-refractivity contribution in [3.63, 3.8) is 0 Å². The number of aromatic nitrogens is 2. The van der Waals surface area contributed by atoms with Crippen molar-refractivity contribution in [2.45, 2.75) is 19.4 Å². The molecule has 1 amide bonds. The number of carboxylic acid groups (broad SMARTS) is 1. The van der Waals surface area contributed by atoms with Crippen LogP contribution in [0.1, 0.15) is 12.6 Å². The molecule has 0 radical (unpaired) electrons. The van der Waals surface area contributed by atoms with Gasteiger partial charge in [-0.05, 0) is 6.92 Å². The van der Waals surface area contributed by atoms with Crippen molar-refractivity contribution >= 4 is 11.9 Å². The Balaban J connectivity index is 2.65. The van der Waals surface area contributed by atoms with Crippen LogP contribution in [-0.4, -0.2) is 33.0 Å². The molecule has 0 aliphatic rings. The van der Waals surface area contributed by atoms with Crippen molar-refractivity contribution in [2.75, 3.05) is 0 Å². The number of amides is 1. The van der Waals surface area contributed by atoms with Gasteiger partial charge in [0, 0.05) is 23.9 Å². The summed E-state index contributed by atoms with van der Waals surface area (Å²) < 4.78 is 0. The Morgan fingerprint density at radius 2 is 2.38 bits per heavy atom. The second-order valence-corrected chi connectivity index (χ2v) is 3.43. The average Bonchev–Trinajstić information content (AvgIpc) is 2.68. The molecule has 0 bridgehead atoms. The minimum atomic E-state index is -1.09. The van der Waals surface area contributed by atoms with Gasteiger partial charge in [-0.25, -0.2) is 9.78 Å². The fraction of sp³-hybridized carbons (Fsp3) is 0.300. The Morgan fingerprint density at radius 1 is 1.69 bits per heavy atom. The van der Waals surface area contributed by atoms with E-state index in [0.29, 0.717) is 5.69 Å². The molecule has 6 nitrogen and oxygen atoms in total. The van der Waals surface area contributed by atoms with Crippen molar-refractivity contribution in [1.82, 2.24) is 15.3 Å². The lowest BCUT2D eigenvalue weighted by Crippen LogP contribution is -2.42. The summed E-state index contributed by atoms with van der Waals surface area (Å²) in [7, 11) is 0. The first-order chi connectivity index (χ1) is 7.50. The van der Waals surface area contributed by atoms with Crippen molar-refractivity contribution in [2.24, 2.45) is 0 Å². The highest BCUT2D eigenvalue weighted by Gasteiger charge is 2.20. The number of carbonyl (C=O) groups excluding carboxylic acids is 1. The van der Waals surface area contributed by atoms with E-state index < -0.39 is 17.9 Å². The quantitative estimate of drug-likeness (QED) is 0.617. The number of H-pyrrole nitrogens is 1. The number of nitrogens with one attached hydrogen (secondary N) is 2. The van der Waals surface area contributed by atoms with Gasteiger partial charge in [-0.1, -0.05) is 6.58 Å². The van der Waals surface area contributed by atoms with Crippen LogP contribution < -0.4 is 5.32 Å². The summed E-state index contributed by atoms with van der Waals surface area (Å²) in [6, 6.07) is -0.982. The molecule has 1 aromatic heterocycles. The third-order valence-electron chi connectivity index (χ3n) is 1.97. The number of hydrogen-bond donors (Lipinski definition) is 3. The molecule has 0 unspecified atom stereocenters. The van der Waals surface area contributed by atoms with Crippen LogP contribution in [0.15, 0.2) is 24.7 Å². The summed E-state index contributed by atoms with van der Waals surface area (Å²) in [6.45, 7) is 4.96. The van der Waals surface area contributed by atoms with Gasteiger partial charge in [0.15, 0.2) is 0 Å². The van der Waals surface area contributed by atoms with Crippen molar-refractivity contribution < 1.29 is 14.7 Å². The fourth-order valence-corrected chi connectivity index (χ4v) is 1.10. The zero-order valence-corrected chi connectivity index (χ0v) is 8.86. The van der Waals surface area contributed by atoms with Crippen LogP contribution in [0.3, 0.4) is 0 Å². The van der Waals surface area contributed by atoms with E-state index in [9.17, 15) is 9.59 Å². The molecule has 1 rings (SSSR count). The van der Waals surface area contributed by atoms with E-state index in [2.05, 4.69) is 21.9 Å². The fourth-order valence-electron chi connectivity index (χ4n) is 1.10. The number of hydrogen-bond acceptors (Lipinski definition) is 3. The highest BCUT2D eigenvalue weighted by atomic mass is 16.4. The van der Waals surface area contributed by atoms with Gasteiger partial charge in [0.2, 0.25) is 5.91 Å². The molecule has 0 aliphatic carbocycles. The van der Waals surface area contributed by atoms with Crippen LogP contribution in [0.5, 0.6) is 0 Å². The first-order valence-electron chi connectivity index (χ1n) is 4.67. The van der Waals surface area contributed by atoms with E-state index in [0.717, 1.165) is 0 Å². The Labute approximate surface area is 92.4 Å². The second-order valence-electron chi connectivity index (χ2n) is 3.43. The predicted molar refractivity (Wildman–Crippen MR) is 56.7 cm³/mol. The van der Waals surface area contributed by atoms with Crippen LogP contribution in [0.25, 0.3) is 0 Å². The largest absolute Gasteiger partial charge is 0.480 e. The molecule has 0 fully saturated rings. The van der Waals surface area contributed by atoms with E-state index in [1.54, 1.807) is 0 Å². The molecular formula is C10H13N3O3. The Kier molecular flexibility index (Phi) is 3.82. The molecule has 1 aromatic rings. The van der Waals surface area contributed by atoms with Gasteiger partial charge in [-0.2, -0.15) is 0 Å². The molecule has 1 atom stereocenters. The zero-order valence-electron chi connectivity index (χ0n) is 8.86. The normalized spacial score (nSPS) is 11.8. The van der Waals surface area contributed by atoms with Crippen molar-refractivity contribution in [3.8, 4) is 0 Å². The third-order valence-corrected chi connectivity index (χ3v) is 1.97. The lowest BCUT2D eigenvalue weighted by Gasteiger charge is -2.13. The van der Waals surface area contributed by atoms with Gasteiger partial charge in [0.1, 0.15) is 6.04 Å². The maximum absolute atomic E-state index is 11.3. The Morgan fingerprint density at radius 3 is 2.81 bits per heavy atom. The Hall–Kier alpha value is -2.11. The number of carboxylic acids is 1. The van der Waals surface area contributed by atoms with Gasteiger partial charge < -0.3 is 15.4 Å². The summed E-state index contributed by atoms with van der Waals surface area (Å²) in [5.74, 6) is -1.56. The number of rotatable bonds is 5. The number of imidazole rings is 1. The van der Waals surface area contributed by atoms with Gasteiger partial charge in [0.05, 0.1) is 6.33 Å². The molecule has 0 aliphatic heterocycles. The van der Waals surface area contributed by atoms with E-state index in [-0.39, 0.29) is 12.0 Å². The highest BCUT2D eigenvalue weighted by Crippen LogP contribution is 2.00. The lowest BCUT2D eigenvalue weighted by atomic mass is 10.1. The number of aliphatic carboxylic acids is 1. The minimum Gasteiger partial charge on any atom is -0.480 e. The summed E-state index contributed by atoms with van der Waals surface area (Å²) in [5.41, 5.74) is 0.922. The number of aromatic amines is 1. The van der Waals surface area contributed by atoms with Crippen LogP contribution in [0, 0.1) is 0 Å². The Bertz CT molecular complexity index is 397. The monoisotopic (exact) mass is 223 g/mol. The molecule has 6 heteroatoms. The number of nitrogens with zero attached hydrogens (tertiary/aromatic N) is 1. The van der Waals surface area contributed by atoms with Crippen LogP contribution in [0.2, 0.25) is 0 Å². The second kappa shape index (κ2) is 5.11. The predicted octanol–water partition coefficient (Wildman–Crippen LogP) is 0.0977. The highest BCUT2D eigenvalue weighted by molar-refractivity contribution is 5.94. The van der Waals surface area contributed by atoms with E-state index in [4.69, 9.17) is 5.11 Å². The zero-order chi connectivity index (χ0) is 12.1. The van der Waals surface area contributed by atoms with Gasteiger partial charge in [-0.15, -0.1) is 0 Å². The summed E-state index contributed by atoms with van der Waals surface area (Å²) in [5, 5.41) is 11.3. The third kappa shape index (κ3) is 3.23. The topological polar surface area (TPSA) is 95.1 Å². The summed E-state index contributed by atoms with van der Waals surface area (Å²) in [4.78, 5) is 28.7. The van der Waals surface area contributed by atoms with Crippen LogP contribution in [-0.2, 0) is 16.0 Å². The maximum Gasteiger partial charge on any atom is 0.326 e. The molecule has 1 heterocycles. The maximum atomic E-state index is 11.3. The van der Waals surface area contributed by atoms with Gasteiger partial charge >= 0.3 is 5.97 Å². The van der Waals surface area contributed by atoms with Gasteiger partial charge in [-0.3, -0.25) is 4.79 Å². The molecule has 0 saturated heterocycles. The molecule has 0 saturated carbocycles. The van der Waals surface area contributed by atoms with Crippen LogP contribution >= 0.6 is 0 Å². The van der Waals surface area contributed by atoms with E-state index in [1.165, 1.54) is 19.4 Å². The SMILES string of the molecule is C=C(C)C(=O)N[C@@H](Cc1cnc[nH]1)C(=O)O. The smallest absolute Gasteiger partial charge is 0.326 e. The standard InChI is InChI=1S/C10H13N3O3/c1-6(2)9(14)13-8(10(15)16)3-7-4-11-5-12-7/h4-5,8H,1,3H2,2H3,(H,11,12)(H,13,14)(H,15,16)/t8-/m0/s1. The van der Waals surface area contributed by atoms with Crippen LogP contribution in [0.4, 0.5) is 0 Å². The molecule has 16 heavy (non-hydrogen) atoms. The van der Waals surface area contributed by atoms with E-state index in [1.807, 2.05) is 0 Å². The van der Waals surface area contributed by atoms with Gasteiger partial charge in [0.25, 0.3) is 0 Å². The average molecular weight is 223 g/mol. The molecule has 3 N–H and O–H groups in total. The minimum absolute atomic E-state index is 0.161. The first-order valence-corrected chi connectivity index (χ1v) is 4.67. The summed E-state index contributed by atoms with van der Waals surface area (Å²) >= 11 is 0. The lowest BCUT2D eigenvalue weighted by molar-refractivity contribution is -0.141. The first kappa shape index (κ1) is 12.0. The molecule has 0 aromatic carbocycles. The molecule has 0 spiro atoms. The summed E-state index contributed by atoms with van der Waals surface area (Å²) in [6.07, 6.45) is 3.13. The van der Waals surface area contributed by atoms with E-state index >= 15 is 0 Å². The van der Waals surface area contributed by atoms with Crippen molar-refractivity contribution in [3.05, 3.63) is 30.4 Å². The molecular weight excluding hydrogens is 210 g/mol. The number of carbonyl (C=O) groups is 2.